The van der Waals surface area contributed by atoms with Crippen LogP contribution in [0.25, 0.3) is 0 Å². The van der Waals surface area contributed by atoms with Gasteiger partial charge in [0.2, 0.25) is 11.1 Å². The first kappa shape index (κ1) is 25.8. The Labute approximate surface area is 228 Å². The third kappa shape index (κ3) is 5.39. The Morgan fingerprint density at radius 2 is 1.87 bits per heavy atom. The molecule has 1 aliphatic heterocycles. The van der Waals surface area contributed by atoms with Crippen molar-refractivity contribution in [3.8, 4) is 5.75 Å². The Morgan fingerprint density at radius 3 is 2.58 bits per heavy atom. The van der Waals surface area contributed by atoms with E-state index >= 15 is 0 Å². The number of aromatic nitrogens is 3. The number of nitrogens with zero attached hydrogens (tertiary/aromatic N) is 3. The molecule has 0 saturated carbocycles. The van der Waals surface area contributed by atoms with Crippen molar-refractivity contribution in [3.63, 3.8) is 0 Å². The minimum absolute atomic E-state index is 0.0140. The maximum Gasteiger partial charge on any atom is 0.338 e. The predicted octanol–water partition coefficient (Wildman–Crippen LogP) is 6.40. The maximum atomic E-state index is 14.1. The number of anilines is 1. The average molecular weight is 551 g/mol. The molecule has 1 unspecified atom stereocenters. The fourth-order valence-corrected chi connectivity index (χ4v) is 5.17. The van der Waals surface area contributed by atoms with Gasteiger partial charge in [-0.2, -0.15) is 4.98 Å². The van der Waals surface area contributed by atoms with E-state index in [0.29, 0.717) is 38.9 Å². The molecule has 0 radical (unpaired) electrons. The molecule has 1 atom stereocenters. The molecule has 7 nitrogen and oxygen atoms in total. The number of esters is 1. The Bertz CT molecular complexity index is 1470. The van der Waals surface area contributed by atoms with Crippen LogP contribution in [0, 0.1) is 5.82 Å². The van der Waals surface area contributed by atoms with Crippen molar-refractivity contribution in [2.24, 2.45) is 0 Å². The molecule has 0 fully saturated rings. The summed E-state index contributed by atoms with van der Waals surface area (Å²) in [6.45, 7) is 1.80. The monoisotopic (exact) mass is 550 g/mol. The summed E-state index contributed by atoms with van der Waals surface area (Å²) in [7, 11) is 1.35. The minimum atomic E-state index is -0.563. The molecule has 0 bridgehead atoms. The lowest BCUT2D eigenvalue weighted by molar-refractivity contribution is -0.136. The Kier molecular flexibility index (Phi) is 7.67. The van der Waals surface area contributed by atoms with Crippen LogP contribution in [0.15, 0.2) is 89.2 Å². The van der Waals surface area contributed by atoms with Crippen molar-refractivity contribution in [2.75, 3.05) is 12.4 Å². The third-order valence-electron chi connectivity index (χ3n) is 6.09. The SMILES string of the molecule is COC(=O)C1=C(C)Nc2nc(SCc3ccccc3)nn2C1c1ccc(OCc2c(F)cccc2Cl)cc1. The van der Waals surface area contributed by atoms with E-state index in [1.54, 1.807) is 28.9 Å². The van der Waals surface area contributed by atoms with Crippen LogP contribution in [-0.2, 0) is 21.9 Å². The minimum Gasteiger partial charge on any atom is -0.489 e. The molecule has 1 aliphatic rings. The van der Waals surface area contributed by atoms with Crippen molar-refractivity contribution >= 4 is 35.3 Å². The number of thioether (sulfide) groups is 1. The number of allylic oxidation sites excluding steroid dienone is 1. The van der Waals surface area contributed by atoms with Crippen LogP contribution in [0.4, 0.5) is 10.3 Å². The van der Waals surface area contributed by atoms with E-state index in [2.05, 4.69) is 22.4 Å². The highest BCUT2D eigenvalue weighted by atomic mass is 35.5. The van der Waals surface area contributed by atoms with E-state index in [0.717, 1.165) is 11.1 Å². The molecule has 5 rings (SSSR count). The number of rotatable bonds is 8. The lowest BCUT2D eigenvalue weighted by Crippen LogP contribution is -2.29. The van der Waals surface area contributed by atoms with Gasteiger partial charge in [0, 0.05) is 17.0 Å². The fraction of sp³-hybridized carbons (Fsp3) is 0.179. The van der Waals surface area contributed by atoms with Crippen molar-refractivity contribution in [1.82, 2.24) is 14.8 Å². The van der Waals surface area contributed by atoms with Crippen LogP contribution in [0.5, 0.6) is 5.75 Å². The molecule has 2 heterocycles. The van der Waals surface area contributed by atoms with Crippen molar-refractivity contribution in [3.05, 3.63) is 112 Å². The van der Waals surface area contributed by atoms with Gasteiger partial charge in [-0.15, -0.1) is 5.10 Å². The summed E-state index contributed by atoms with van der Waals surface area (Å²) in [4.78, 5) is 17.5. The molecular weight excluding hydrogens is 527 g/mol. The second kappa shape index (κ2) is 11.3. The summed E-state index contributed by atoms with van der Waals surface area (Å²) in [5.74, 6) is 0.884. The van der Waals surface area contributed by atoms with E-state index in [9.17, 15) is 9.18 Å². The van der Waals surface area contributed by atoms with Crippen LogP contribution in [-0.4, -0.2) is 27.8 Å². The summed E-state index contributed by atoms with van der Waals surface area (Å²) < 4.78 is 26.7. The molecule has 4 aromatic rings. The van der Waals surface area contributed by atoms with Gasteiger partial charge in [0.05, 0.1) is 17.7 Å². The second-order valence-electron chi connectivity index (χ2n) is 8.55. The summed E-state index contributed by atoms with van der Waals surface area (Å²) in [6, 6.07) is 21.2. The summed E-state index contributed by atoms with van der Waals surface area (Å²) >= 11 is 7.62. The van der Waals surface area contributed by atoms with Gasteiger partial charge in [-0.05, 0) is 42.3 Å². The number of carbonyl (C=O) groups excluding carboxylic acids is 1. The van der Waals surface area contributed by atoms with E-state index in [-0.39, 0.29) is 12.2 Å². The molecule has 0 spiro atoms. The first-order valence-electron chi connectivity index (χ1n) is 11.8. The highest BCUT2D eigenvalue weighted by molar-refractivity contribution is 7.98. The number of hydrogen-bond acceptors (Lipinski definition) is 7. The van der Waals surface area contributed by atoms with Crippen LogP contribution >= 0.6 is 23.4 Å². The van der Waals surface area contributed by atoms with Gasteiger partial charge in [0.15, 0.2) is 0 Å². The zero-order chi connectivity index (χ0) is 26.6. The molecule has 194 valence electrons. The van der Waals surface area contributed by atoms with Crippen LogP contribution in [0.2, 0.25) is 5.02 Å². The highest BCUT2D eigenvalue weighted by Gasteiger charge is 2.35. The molecule has 0 saturated heterocycles. The molecule has 10 heteroatoms. The molecular formula is C28H24ClFN4O3S. The number of methoxy groups -OCH3 is 1. The Hall–Kier alpha value is -3.82. The van der Waals surface area contributed by atoms with E-state index in [1.807, 2.05) is 37.3 Å². The normalized spacial score (nSPS) is 14.6. The van der Waals surface area contributed by atoms with Crippen LogP contribution in [0.3, 0.4) is 0 Å². The number of fused-ring (bicyclic) bond motifs is 1. The number of nitrogens with one attached hydrogen (secondary N) is 1. The standard InChI is InChI=1S/C28H24ClFN4O3S/c1-17-24(26(35)36-2)25(34-27(31-17)32-28(33-34)38-16-18-7-4-3-5-8-18)19-11-13-20(14-12-19)37-15-21-22(29)9-6-10-23(21)30/h3-14,25H,15-16H2,1-2H3,(H,31,32,33). The van der Waals surface area contributed by atoms with Gasteiger partial charge in [-0.1, -0.05) is 71.9 Å². The zero-order valence-corrected chi connectivity index (χ0v) is 22.2. The highest BCUT2D eigenvalue weighted by Crippen LogP contribution is 2.37. The quantitative estimate of drug-likeness (QED) is 0.201. The van der Waals surface area contributed by atoms with Crippen LogP contribution < -0.4 is 10.1 Å². The molecule has 38 heavy (non-hydrogen) atoms. The van der Waals surface area contributed by atoms with Gasteiger partial charge in [-0.3, -0.25) is 0 Å². The number of hydrogen-bond donors (Lipinski definition) is 1. The second-order valence-corrected chi connectivity index (χ2v) is 9.90. The van der Waals surface area contributed by atoms with Gasteiger partial charge in [0.25, 0.3) is 0 Å². The molecule has 1 aromatic heterocycles. The summed E-state index contributed by atoms with van der Waals surface area (Å²) in [5.41, 5.74) is 3.29. The van der Waals surface area contributed by atoms with Crippen molar-refractivity contribution in [1.29, 1.82) is 0 Å². The van der Waals surface area contributed by atoms with Gasteiger partial charge >= 0.3 is 5.97 Å². The number of ether oxygens (including phenoxy) is 2. The molecule has 3 aromatic carbocycles. The predicted molar refractivity (Wildman–Crippen MR) is 145 cm³/mol. The maximum absolute atomic E-state index is 14.1. The van der Waals surface area contributed by atoms with E-state index < -0.39 is 17.8 Å². The number of halogens is 2. The Morgan fingerprint density at radius 1 is 1.11 bits per heavy atom. The van der Waals surface area contributed by atoms with E-state index in [1.165, 1.54) is 24.9 Å². The first-order chi connectivity index (χ1) is 18.4. The lowest BCUT2D eigenvalue weighted by Gasteiger charge is -2.27. The van der Waals surface area contributed by atoms with Gasteiger partial charge in [-0.25, -0.2) is 13.9 Å². The smallest absolute Gasteiger partial charge is 0.338 e. The largest absolute Gasteiger partial charge is 0.489 e. The molecule has 1 N–H and O–H groups in total. The van der Waals surface area contributed by atoms with E-state index in [4.69, 9.17) is 26.2 Å². The Balaban J connectivity index is 1.41. The molecule has 0 aliphatic carbocycles. The third-order valence-corrected chi connectivity index (χ3v) is 7.35. The number of carbonyl (C=O) groups is 1. The lowest BCUT2D eigenvalue weighted by atomic mass is 9.96. The zero-order valence-electron chi connectivity index (χ0n) is 20.7. The van der Waals surface area contributed by atoms with Crippen molar-refractivity contribution in [2.45, 2.75) is 30.5 Å². The fourth-order valence-electron chi connectivity index (χ4n) is 4.17. The van der Waals surface area contributed by atoms with Crippen molar-refractivity contribution < 1.29 is 18.7 Å². The topological polar surface area (TPSA) is 78.3 Å². The van der Waals surface area contributed by atoms with Crippen LogP contribution in [0.1, 0.15) is 29.7 Å². The average Bonchev–Trinajstić information content (AvgIpc) is 3.34. The summed E-state index contributed by atoms with van der Waals surface area (Å²) in [5, 5.41) is 8.80. The number of benzene rings is 3. The van der Waals surface area contributed by atoms with Gasteiger partial charge in [0.1, 0.15) is 24.2 Å². The first-order valence-corrected chi connectivity index (χ1v) is 13.2. The molecule has 0 amide bonds. The summed E-state index contributed by atoms with van der Waals surface area (Å²) in [6.07, 6.45) is 0. The van der Waals surface area contributed by atoms with Gasteiger partial charge < -0.3 is 14.8 Å².